The van der Waals surface area contributed by atoms with Crippen molar-refractivity contribution in [1.82, 2.24) is 0 Å². The van der Waals surface area contributed by atoms with E-state index in [1.807, 2.05) is 24.3 Å². The molecule has 0 aliphatic heterocycles. The molecule has 0 unspecified atom stereocenters. The molecule has 21 heavy (non-hydrogen) atoms. The smallest absolute Gasteiger partial charge is 0.303 e. The van der Waals surface area contributed by atoms with Crippen LogP contribution < -0.4 is 4.74 Å². The third-order valence-corrected chi connectivity index (χ3v) is 3.56. The summed E-state index contributed by atoms with van der Waals surface area (Å²) in [6, 6.07) is 12.7. The molecule has 0 amide bonds. The highest BCUT2D eigenvalue weighted by Crippen LogP contribution is 2.24. The van der Waals surface area contributed by atoms with E-state index in [4.69, 9.17) is 33.0 Å². The summed E-state index contributed by atoms with van der Waals surface area (Å²) >= 11 is 11.9. The van der Waals surface area contributed by atoms with E-state index in [1.165, 1.54) is 0 Å². The summed E-state index contributed by atoms with van der Waals surface area (Å²) in [6.45, 7) is 0.419. The first kappa shape index (κ1) is 15.7. The van der Waals surface area contributed by atoms with E-state index in [0.717, 1.165) is 11.1 Å². The minimum Gasteiger partial charge on any atom is -0.489 e. The van der Waals surface area contributed by atoms with Crippen molar-refractivity contribution in [3.05, 3.63) is 63.6 Å². The number of benzene rings is 2. The molecule has 110 valence electrons. The standard InChI is InChI=1S/C16H14Cl2O3/c17-13-5-1-11(2-6-13)10-21-14-7-3-12(15(18)9-14)4-8-16(19)20/h1-3,5-7,9H,4,8,10H2,(H,19,20). The highest BCUT2D eigenvalue weighted by molar-refractivity contribution is 6.31. The van der Waals surface area contributed by atoms with Crippen LogP contribution in [-0.2, 0) is 17.8 Å². The van der Waals surface area contributed by atoms with Gasteiger partial charge in [-0.1, -0.05) is 41.4 Å². The van der Waals surface area contributed by atoms with Crippen molar-refractivity contribution < 1.29 is 14.6 Å². The number of carbonyl (C=O) groups is 1. The van der Waals surface area contributed by atoms with Crippen molar-refractivity contribution in [3.63, 3.8) is 0 Å². The molecule has 0 aliphatic rings. The topological polar surface area (TPSA) is 46.5 Å². The fraction of sp³-hybridized carbons (Fsp3) is 0.188. The number of hydrogen-bond acceptors (Lipinski definition) is 2. The maximum Gasteiger partial charge on any atom is 0.303 e. The van der Waals surface area contributed by atoms with Gasteiger partial charge in [-0.05, 0) is 41.8 Å². The van der Waals surface area contributed by atoms with Crippen LogP contribution in [-0.4, -0.2) is 11.1 Å². The third-order valence-electron chi connectivity index (χ3n) is 2.95. The molecule has 0 saturated carbocycles. The van der Waals surface area contributed by atoms with E-state index in [-0.39, 0.29) is 6.42 Å². The monoisotopic (exact) mass is 324 g/mol. The van der Waals surface area contributed by atoms with Crippen molar-refractivity contribution in [2.45, 2.75) is 19.4 Å². The second-order valence-electron chi connectivity index (χ2n) is 4.56. The molecule has 0 atom stereocenters. The first-order valence-electron chi connectivity index (χ1n) is 6.42. The highest BCUT2D eigenvalue weighted by Gasteiger charge is 2.06. The first-order chi connectivity index (χ1) is 10.0. The molecule has 5 heteroatoms. The number of aryl methyl sites for hydroxylation is 1. The molecular weight excluding hydrogens is 311 g/mol. The molecule has 0 bridgehead atoms. The predicted octanol–water partition coefficient (Wildman–Crippen LogP) is 4.59. The minimum atomic E-state index is -0.839. The van der Waals surface area contributed by atoms with E-state index in [9.17, 15) is 4.79 Å². The van der Waals surface area contributed by atoms with Crippen molar-refractivity contribution in [2.24, 2.45) is 0 Å². The SMILES string of the molecule is O=C(O)CCc1ccc(OCc2ccc(Cl)cc2)cc1Cl. The molecule has 0 heterocycles. The lowest BCUT2D eigenvalue weighted by Gasteiger charge is -2.09. The zero-order valence-electron chi connectivity index (χ0n) is 11.2. The summed E-state index contributed by atoms with van der Waals surface area (Å²) in [5, 5.41) is 9.88. The number of rotatable bonds is 6. The summed E-state index contributed by atoms with van der Waals surface area (Å²) in [5.41, 5.74) is 1.81. The fourth-order valence-corrected chi connectivity index (χ4v) is 2.20. The van der Waals surface area contributed by atoms with Gasteiger partial charge in [0.1, 0.15) is 12.4 Å². The summed E-state index contributed by atoms with van der Waals surface area (Å²) in [5.74, 6) is -0.192. The lowest BCUT2D eigenvalue weighted by atomic mass is 10.1. The summed E-state index contributed by atoms with van der Waals surface area (Å²) in [7, 11) is 0. The van der Waals surface area contributed by atoms with Gasteiger partial charge in [0.2, 0.25) is 0 Å². The Labute approximate surface area is 133 Å². The van der Waals surface area contributed by atoms with Crippen LogP contribution in [0.1, 0.15) is 17.5 Å². The van der Waals surface area contributed by atoms with E-state index in [2.05, 4.69) is 0 Å². The maximum absolute atomic E-state index is 10.6. The minimum absolute atomic E-state index is 0.0602. The van der Waals surface area contributed by atoms with Gasteiger partial charge in [0.15, 0.2) is 0 Å². The quantitative estimate of drug-likeness (QED) is 0.845. The van der Waals surface area contributed by atoms with E-state index < -0.39 is 5.97 Å². The fourth-order valence-electron chi connectivity index (χ4n) is 1.81. The van der Waals surface area contributed by atoms with Gasteiger partial charge < -0.3 is 9.84 Å². The van der Waals surface area contributed by atoms with E-state index in [1.54, 1.807) is 18.2 Å². The zero-order chi connectivity index (χ0) is 15.2. The number of carboxylic acids is 1. The molecule has 0 spiro atoms. The average molecular weight is 325 g/mol. The molecule has 2 aromatic carbocycles. The van der Waals surface area contributed by atoms with Crippen LogP contribution in [0, 0.1) is 0 Å². The van der Waals surface area contributed by atoms with Crippen molar-refractivity contribution in [3.8, 4) is 5.75 Å². The molecule has 0 aromatic heterocycles. The molecule has 3 nitrogen and oxygen atoms in total. The van der Waals surface area contributed by atoms with Gasteiger partial charge in [0.25, 0.3) is 0 Å². The van der Waals surface area contributed by atoms with Crippen LogP contribution in [0.4, 0.5) is 0 Å². The Bertz CT molecular complexity index is 624. The first-order valence-corrected chi connectivity index (χ1v) is 7.17. The Morgan fingerprint density at radius 3 is 2.43 bits per heavy atom. The van der Waals surface area contributed by atoms with Crippen LogP contribution in [0.25, 0.3) is 0 Å². The molecule has 0 aliphatic carbocycles. The highest BCUT2D eigenvalue weighted by atomic mass is 35.5. The number of aliphatic carboxylic acids is 1. The normalized spacial score (nSPS) is 10.4. The van der Waals surface area contributed by atoms with Gasteiger partial charge in [-0.3, -0.25) is 4.79 Å². The van der Waals surface area contributed by atoms with Crippen LogP contribution in [0.2, 0.25) is 10.0 Å². The molecule has 0 fully saturated rings. The largest absolute Gasteiger partial charge is 0.489 e. The second kappa shape index (κ2) is 7.34. The van der Waals surface area contributed by atoms with Gasteiger partial charge in [-0.2, -0.15) is 0 Å². The van der Waals surface area contributed by atoms with Gasteiger partial charge in [0.05, 0.1) is 0 Å². The third kappa shape index (κ3) is 4.96. The van der Waals surface area contributed by atoms with Gasteiger partial charge in [-0.15, -0.1) is 0 Å². The summed E-state index contributed by atoms with van der Waals surface area (Å²) in [6.07, 6.45) is 0.469. The molecule has 0 saturated heterocycles. The van der Waals surface area contributed by atoms with E-state index in [0.29, 0.717) is 28.8 Å². The van der Waals surface area contributed by atoms with Crippen molar-refractivity contribution in [2.75, 3.05) is 0 Å². The van der Waals surface area contributed by atoms with Gasteiger partial charge >= 0.3 is 5.97 Å². The van der Waals surface area contributed by atoms with Crippen molar-refractivity contribution in [1.29, 1.82) is 0 Å². The van der Waals surface area contributed by atoms with Crippen molar-refractivity contribution >= 4 is 29.2 Å². The Morgan fingerprint density at radius 1 is 1.10 bits per heavy atom. The van der Waals surface area contributed by atoms with Gasteiger partial charge in [0, 0.05) is 16.5 Å². The van der Waals surface area contributed by atoms with Crippen LogP contribution >= 0.6 is 23.2 Å². The number of ether oxygens (including phenoxy) is 1. The zero-order valence-corrected chi connectivity index (χ0v) is 12.7. The van der Waals surface area contributed by atoms with E-state index >= 15 is 0 Å². The molecule has 1 N–H and O–H groups in total. The summed E-state index contributed by atoms with van der Waals surface area (Å²) < 4.78 is 5.65. The summed E-state index contributed by atoms with van der Waals surface area (Å²) in [4.78, 5) is 10.6. The maximum atomic E-state index is 10.6. The number of halogens is 2. The second-order valence-corrected chi connectivity index (χ2v) is 5.41. The Kier molecular flexibility index (Phi) is 5.48. The lowest BCUT2D eigenvalue weighted by Crippen LogP contribution is -1.99. The van der Waals surface area contributed by atoms with Crippen LogP contribution in [0.3, 0.4) is 0 Å². The lowest BCUT2D eigenvalue weighted by molar-refractivity contribution is -0.136. The Morgan fingerprint density at radius 2 is 1.81 bits per heavy atom. The molecule has 2 rings (SSSR count). The number of carboxylic acid groups (broad SMARTS) is 1. The van der Waals surface area contributed by atoms with Gasteiger partial charge in [-0.25, -0.2) is 0 Å². The molecule has 0 radical (unpaired) electrons. The Balaban J connectivity index is 1.96. The molecule has 2 aromatic rings. The molecular formula is C16H14Cl2O3. The Hall–Kier alpha value is -1.71. The van der Waals surface area contributed by atoms with Crippen LogP contribution in [0.15, 0.2) is 42.5 Å². The average Bonchev–Trinajstić information content (AvgIpc) is 2.45. The predicted molar refractivity (Wildman–Crippen MR) is 83.2 cm³/mol. The number of hydrogen-bond donors (Lipinski definition) is 1. The van der Waals surface area contributed by atoms with Crippen LogP contribution in [0.5, 0.6) is 5.75 Å².